The molecular weight excluding hydrogens is 256 g/mol. The van der Waals surface area contributed by atoms with Crippen molar-refractivity contribution < 1.29 is 9.66 Å². The Morgan fingerprint density at radius 1 is 1.35 bits per heavy atom. The molecule has 0 aromatic heterocycles. The van der Waals surface area contributed by atoms with E-state index >= 15 is 0 Å². The van der Waals surface area contributed by atoms with Crippen LogP contribution in [0.5, 0.6) is 0 Å². The molecule has 1 aromatic rings. The van der Waals surface area contributed by atoms with Gasteiger partial charge < -0.3 is 10.1 Å². The number of benzene rings is 1. The van der Waals surface area contributed by atoms with Gasteiger partial charge in [0.2, 0.25) is 0 Å². The Morgan fingerprint density at radius 3 is 2.60 bits per heavy atom. The predicted octanol–water partition coefficient (Wildman–Crippen LogP) is 3.98. The van der Waals surface area contributed by atoms with Crippen LogP contribution in [-0.2, 0) is 11.3 Å². The van der Waals surface area contributed by atoms with Crippen LogP contribution in [0.2, 0.25) is 0 Å². The molecule has 0 aliphatic rings. The molecule has 1 unspecified atom stereocenters. The van der Waals surface area contributed by atoms with Gasteiger partial charge in [-0.25, -0.2) is 0 Å². The highest BCUT2D eigenvalue weighted by atomic mass is 16.6. The fourth-order valence-electron chi connectivity index (χ4n) is 2.20. The van der Waals surface area contributed by atoms with Crippen LogP contribution in [0.1, 0.15) is 39.7 Å². The van der Waals surface area contributed by atoms with E-state index in [1.165, 1.54) is 6.07 Å². The van der Waals surface area contributed by atoms with Gasteiger partial charge in [0, 0.05) is 18.2 Å². The molecule has 0 aliphatic carbocycles. The molecule has 0 aliphatic heterocycles. The van der Waals surface area contributed by atoms with E-state index < -0.39 is 0 Å². The molecule has 0 heterocycles. The summed E-state index contributed by atoms with van der Waals surface area (Å²) in [5.74, 6) is 0.573. The molecule has 1 atom stereocenters. The van der Waals surface area contributed by atoms with Crippen molar-refractivity contribution in [2.75, 3.05) is 11.9 Å². The van der Waals surface area contributed by atoms with E-state index in [0.29, 0.717) is 24.8 Å². The second-order valence-corrected chi connectivity index (χ2v) is 5.35. The summed E-state index contributed by atoms with van der Waals surface area (Å²) in [6.45, 7) is 9.28. The third-order valence-corrected chi connectivity index (χ3v) is 3.01. The van der Waals surface area contributed by atoms with Gasteiger partial charge in [-0.1, -0.05) is 26.0 Å². The van der Waals surface area contributed by atoms with Crippen molar-refractivity contribution >= 4 is 11.4 Å². The fourth-order valence-corrected chi connectivity index (χ4v) is 2.20. The standard InChI is InChI=1S/C15H24N2O3/c1-5-16-15-13(7-6-8-14(15)17(18)19)10-20-12(4)9-11(2)3/h6-8,11-12,16H,5,9-10H2,1-4H3. The van der Waals surface area contributed by atoms with Gasteiger partial charge in [-0.2, -0.15) is 0 Å². The van der Waals surface area contributed by atoms with Gasteiger partial charge in [0.05, 0.1) is 17.6 Å². The molecule has 1 aromatic carbocycles. The number of rotatable bonds is 8. The molecule has 5 heteroatoms. The minimum absolute atomic E-state index is 0.101. The Kier molecular flexibility index (Phi) is 6.45. The molecule has 0 amide bonds. The van der Waals surface area contributed by atoms with E-state index in [0.717, 1.165) is 12.0 Å². The van der Waals surface area contributed by atoms with Crippen molar-refractivity contribution in [3.63, 3.8) is 0 Å². The van der Waals surface area contributed by atoms with Gasteiger partial charge in [-0.3, -0.25) is 10.1 Å². The highest BCUT2D eigenvalue weighted by Gasteiger charge is 2.17. The minimum Gasteiger partial charge on any atom is -0.379 e. The third kappa shape index (κ3) is 4.81. The molecule has 0 saturated carbocycles. The number of hydrogen-bond acceptors (Lipinski definition) is 4. The number of anilines is 1. The van der Waals surface area contributed by atoms with E-state index in [2.05, 4.69) is 19.2 Å². The molecular formula is C15H24N2O3. The van der Waals surface area contributed by atoms with Crippen LogP contribution in [0, 0.1) is 16.0 Å². The van der Waals surface area contributed by atoms with Crippen molar-refractivity contribution in [1.82, 2.24) is 0 Å². The highest BCUT2D eigenvalue weighted by Crippen LogP contribution is 2.29. The summed E-state index contributed by atoms with van der Waals surface area (Å²) < 4.78 is 5.80. The highest BCUT2D eigenvalue weighted by molar-refractivity contribution is 5.66. The number of nitro groups is 1. The van der Waals surface area contributed by atoms with E-state index in [9.17, 15) is 10.1 Å². The van der Waals surface area contributed by atoms with Crippen molar-refractivity contribution in [2.24, 2.45) is 5.92 Å². The molecule has 0 fully saturated rings. The number of nitrogens with one attached hydrogen (secondary N) is 1. The largest absolute Gasteiger partial charge is 0.379 e. The Hall–Kier alpha value is -1.62. The molecule has 0 spiro atoms. The molecule has 1 rings (SSSR count). The normalized spacial score (nSPS) is 12.4. The first-order valence-electron chi connectivity index (χ1n) is 7.07. The zero-order valence-corrected chi connectivity index (χ0v) is 12.7. The van der Waals surface area contributed by atoms with Gasteiger partial charge >= 0.3 is 0 Å². The summed E-state index contributed by atoms with van der Waals surface area (Å²) in [6, 6.07) is 5.08. The Balaban J connectivity index is 2.83. The number of para-hydroxylation sites is 1. The lowest BCUT2D eigenvalue weighted by Gasteiger charge is -2.17. The fraction of sp³-hybridized carbons (Fsp3) is 0.600. The smallest absolute Gasteiger partial charge is 0.292 e. The summed E-state index contributed by atoms with van der Waals surface area (Å²) in [5, 5.41) is 14.1. The van der Waals surface area contributed by atoms with Gasteiger partial charge in [-0.05, 0) is 26.2 Å². The monoisotopic (exact) mass is 280 g/mol. The Labute approximate surface area is 120 Å². The van der Waals surface area contributed by atoms with Gasteiger partial charge in [0.15, 0.2) is 0 Å². The maximum absolute atomic E-state index is 11.1. The van der Waals surface area contributed by atoms with Gasteiger partial charge in [0.1, 0.15) is 5.69 Å². The third-order valence-electron chi connectivity index (χ3n) is 3.01. The van der Waals surface area contributed by atoms with Crippen LogP contribution in [0.15, 0.2) is 18.2 Å². The first-order chi connectivity index (χ1) is 9.45. The summed E-state index contributed by atoms with van der Waals surface area (Å²) in [7, 11) is 0. The zero-order chi connectivity index (χ0) is 15.1. The van der Waals surface area contributed by atoms with Crippen LogP contribution < -0.4 is 5.32 Å². The van der Waals surface area contributed by atoms with Crippen LogP contribution in [0.25, 0.3) is 0 Å². The van der Waals surface area contributed by atoms with E-state index in [4.69, 9.17) is 4.74 Å². The molecule has 112 valence electrons. The Bertz CT molecular complexity index is 447. The topological polar surface area (TPSA) is 64.4 Å². The summed E-state index contributed by atoms with van der Waals surface area (Å²) >= 11 is 0. The second-order valence-electron chi connectivity index (χ2n) is 5.35. The minimum atomic E-state index is -0.362. The van der Waals surface area contributed by atoms with Gasteiger partial charge in [0.25, 0.3) is 5.69 Å². The van der Waals surface area contributed by atoms with Crippen molar-refractivity contribution in [3.8, 4) is 0 Å². The Morgan fingerprint density at radius 2 is 2.05 bits per heavy atom. The lowest BCUT2D eigenvalue weighted by atomic mass is 10.1. The quantitative estimate of drug-likeness (QED) is 0.578. The first-order valence-corrected chi connectivity index (χ1v) is 7.07. The average Bonchev–Trinajstić information content (AvgIpc) is 2.36. The van der Waals surface area contributed by atoms with Crippen LogP contribution >= 0.6 is 0 Å². The van der Waals surface area contributed by atoms with Crippen molar-refractivity contribution in [2.45, 2.75) is 46.8 Å². The molecule has 20 heavy (non-hydrogen) atoms. The first kappa shape index (κ1) is 16.4. The van der Waals surface area contributed by atoms with E-state index in [-0.39, 0.29) is 16.7 Å². The maximum Gasteiger partial charge on any atom is 0.292 e. The van der Waals surface area contributed by atoms with Crippen LogP contribution in [0.4, 0.5) is 11.4 Å². The number of nitrogens with zero attached hydrogens (tertiary/aromatic N) is 1. The molecule has 0 bridgehead atoms. The summed E-state index contributed by atoms with van der Waals surface area (Å²) in [6.07, 6.45) is 1.12. The SMILES string of the molecule is CCNc1c(COC(C)CC(C)C)cccc1[N+](=O)[O-]. The maximum atomic E-state index is 11.1. The number of ether oxygens (including phenoxy) is 1. The number of hydrogen-bond donors (Lipinski definition) is 1. The van der Waals surface area contributed by atoms with Gasteiger partial charge in [-0.15, -0.1) is 0 Å². The molecule has 0 saturated heterocycles. The summed E-state index contributed by atoms with van der Waals surface area (Å²) in [5.41, 5.74) is 1.50. The van der Waals surface area contributed by atoms with Crippen LogP contribution in [0.3, 0.4) is 0 Å². The van der Waals surface area contributed by atoms with Crippen molar-refractivity contribution in [1.29, 1.82) is 0 Å². The lowest BCUT2D eigenvalue weighted by Crippen LogP contribution is -2.12. The zero-order valence-electron chi connectivity index (χ0n) is 12.7. The molecule has 0 radical (unpaired) electrons. The summed E-state index contributed by atoms with van der Waals surface area (Å²) in [4.78, 5) is 10.7. The predicted molar refractivity (Wildman–Crippen MR) is 81.0 cm³/mol. The average molecular weight is 280 g/mol. The lowest BCUT2D eigenvalue weighted by molar-refractivity contribution is -0.384. The molecule has 1 N–H and O–H groups in total. The van der Waals surface area contributed by atoms with E-state index in [1.807, 2.05) is 19.9 Å². The second kappa shape index (κ2) is 7.85. The molecule has 5 nitrogen and oxygen atoms in total. The van der Waals surface area contributed by atoms with E-state index in [1.54, 1.807) is 6.07 Å². The van der Waals surface area contributed by atoms with Crippen LogP contribution in [-0.4, -0.2) is 17.6 Å². The number of nitro benzene ring substituents is 1. The van der Waals surface area contributed by atoms with Crippen molar-refractivity contribution in [3.05, 3.63) is 33.9 Å².